The third kappa shape index (κ3) is 4.37. The number of hydrogen-bond acceptors (Lipinski definition) is 4. The summed E-state index contributed by atoms with van der Waals surface area (Å²) in [5.41, 5.74) is 7.02. The summed E-state index contributed by atoms with van der Waals surface area (Å²) in [5, 5.41) is 0. The fourth-order valence-electron chi connectivity index (χ4n) is 1.87. The Kier molecular flexibility index (Phi) is 6.25. The zero-order chi connectivity index (χ0) is 13.4. The molecule has 0 saturated heterocycles. The van der Waals surface area contributed by atoms with Crippen molar-refractivity contribution in [3.8, 4) is 0 Å². The summed E-state index contributed by atoms with van der Waals surface area (Å²) < 4.78 is 5.16. The van der Waals surface area contributed by atoms with E-state index in [0.29, 0.717) is 6.54 Å². The molecule has 18 heavy (non-hydrogen) atoms. The minimum Gasteiger partial charge on any atom is -0.385 e. The summed E-state index contributed by atoms with van der Waals surface area (Å²) in [6.45, 7) is 4.51. The Labute approximate surface area is 110 Å². The first-order valence-electron chi connectivity index (χ1n) is 6.42. The second-order valence-electron chi connectivity index (χ2n) is 4.94. The molecule has 1 unspecified atom stereocenters. The maximum atomic E-state index is 5.90. The van der Waals surface area contributed by atoms with Crippen molar-refractivity contribution in [1.29, 1.82) is 0 Å². The lowest BCUT2D eigenvalue weighted by Crippen LogP contribution is -2.51. The van der Waals surface area contributed by atoms with E-state index in [-0.39, 0.29) is 5.54 Å². The Bertz CT molecular complexity index is 331. The Morgan fingerprint density at radius 1 is 1.44 bits per heavy atom. The minimum absolute atomic E-state index is 0.00914. The molecule has 102 valence electrons. The maximum Gasteiger partial charge on any atom is 0.0480 e. The first kappa shape index (κ1) is 15.1. The van der Waals surface area contributed by atoms with E-state index < -0.39 is 0 Å². The number of pyridine rings is 1. The van der Waals surface area contributed by atoms with Gasteiger partial charge in [-0.1, -0.05) is 6.07 Å². The van der Waals surface area contributed by atoms with Crippen molar-refractivity contribution in [2.45, 2.75) is 25.3 Å². The number of hydrogen-bond donors (Lipinski definition) is 1. The van der Waals surface area contributed by atoms with Crippen LogP contribution in [0.25, 0.3) is 0 Å². The zero-order valence-corrected chi connectivity index (χ0v) is 11.7. The molecule has 0 saturated carbocycles. The predicted molar refractivity (Wildman–Crippen MR) is 74.5 cm³/mol. The molecule has 1 heterocycles. The van der Waals surface area contributed by atoms with Gasteiger partial charge >= 0.3 is 0 Å². The molecule has 0 aliphatic heterocycles. The van der Waals surface area contributed by atoms with Crippen LogP contribution in [0, 0.1) is 0 Å². The fraction of sp³-hybridized carbons (Fsp3) is 0.643. The van der Waals surface area contributed by atoms with E-state index in [9.17, 15) is 0 Å². The molecule has 2 N–H and O–H groups in total. The summed E-state index contributed by atoms with van der Waals surface area (Å²) in [4.78, 5) is 6.64. The van der Waals surface area contributed by atoms with E-state index in [4.69, 9.17) is 10.5 Å². The van der Waals surface area contributed by atoms with Gasteiger partial charge in [0.25, 0.3) is 0 Å². The first-order chi connectivity index (χ1) is 8.62. The van der Waals surface area contributed by atoms with E-state index >= 15 is 0 Å². The summed E-state index contributed by atoms with van der Waals surface area (Å²) in [6, 6.07) is 6.02. The van der Waals surface area contributed by atoms with Gasteiger partial charge in [0.15, 0.2) is 0 Å². The molecular formula is C14H25N3O. The second kappa shape index (κ2) is 7.46. The van der Waals surface area contributed by atoms with Gasteiger partial charge in [-0.25, -0.2) is 0 Å². The molecular weight excluding hydrogens is 226 g/mol. The highest BCUT2D eigenvalue weighted by molar-refractivity contribution is 5.04. The Morgan fingerprint density at radius 2 is 2.22 bits per heavy atom. The highest BCUT2D eigenvalue weighted by Gasteiger charge is 2.26. The molecule has 0 spiro atoms. The molecule has 0 aliphatic carbocycles. The monoisotopic (exact) mass is 251 g/mol. The second-order valence-corrected chi connectivity index (χ2v) is 4.94. The van der Waals surface area contributed by atoms with Crippen LogP contribution >= 0.6 is 0 Å². The quantitative estimate of drug-likeness (QED) is 0.757. The number of nitrogens with zero attached hydrogens (tertiary/aromatic N) is 2. The van der Waals surface area contributed by atoms with Crippen molar-refractivity contribution in [3.63, 3.8) is 0 Å². The normalized spacial score (nSPS) is 14.7. The van der Waals surface area contributed by atoms with Gasteiger partial charge in [0.1, 0.15) is 0 Å². The fourth-order valence-corrected chi connectivity index (χ4v) is 1.87. The standard InChI is InChI=1S/C14H25N3O/c1-14(12-15,8-11-18-3)17(2)10-7-13-6-4-5-9-16-13/h4-6,9H,7-8,10-12,15H2,1-3H3. The molecule has 0 aliphatic rings. The molecule has 0 aromatic carbocycles. The van der Waals surface area contributed by atoms with E-state index in [0.717, 1.165) is 31.7 Å². The third-order valence-corrected chi connectivity index (χ3v) is 3.64. The highest BCUT2D eigenvalue weighted by atomic mass is 16.5. The van der Waals surface area contributed by atoms with Gasteiger partial charge in [-0.3, -0.25) is 9.88 Å². The van der Waals surface area contributed by atoms with Crippen LogP contribution in [-0.4, -0.2) is 49.3 Å². The van der Waals surface area contributed by atoms with E-state index in [1.807, 2.05) is 18.3 Å². The lowest BCUT2D eigenvalue weighted by molar-refractivity contribution is 0.0898. The van der Waals surface area contributed by atoms with Crippen molar-refractivity contribution in [2.24, 2.45) is 5.73 Å². The van der Waals surface area contributed by atoms with Crippen molar-refractivity contribution in [3.05, 3.63) is 30.1 Å². The summed E-state index contributed by atoms with van der Waals surface area (Å²) >= 11 is 0. The molecule has 4 heteroatoms. The number of likely N-dealkylation sites (N-methyl/N-ethyl adjacent to an activating group) is 1. The van der Waals surface area contributed by atoms with Crippen LogP contribution in [0.5, 0.6) is 0 Å². The Hall–Kier alpha value is -0.970. The van der Waals surface area contributed by atoms with Crippen LogP contribution < -0.4 is 5.73 Å². The van der Waals surface area contributed by atoms with E-state index in [1.165, 1.54) is 0 Å². The van der Waals surface area contributed by atoms with Crippen LogP contribution in [0.4, 0.5) is 0 Å². The molecule has 1 aromatic rings. The molecule has 1 atom stereocenters. The lowest BCUT2D eigenvalue weighted by atomic mass is 9.96. The molecule has 0 amide bonds. The first-order valence-corrected chi connectivity index (χ1v) is 6.42. The largest absolute Gasteiger partial charge is 0.385 e. The third-order valence-electron chi connectivity index (χ3n) is 3.64. The van der Waals surface area contributed by atoms with Crippen LogP contribution in [0.2, 0.25) is 0 Å². The van der Waals surface area contributed by atoms with Gasteiger partial charge in [0.2, 0.25) is 0 Å². The summed E-state index contributed by atoms with van der Waals surface area (Å²) in [6.07, 6.45) is 3.72. The average molecular weight is 251 g/mol. The smallest absolute Gasteiger partial charge is 0.0480 e. The summed E-state index contributed by atoms with van der Waals surface area (Å²) in [7, 11) is 3.84. The van der Waals surface area contributed by atoms with Gasteiger partial charge in [-0.05, 0) is 32.5 Å². The van der Waals surface area contributed by atoms with E-state index in [2.05, 4.69) is 29.9 Å². The SMILES string of the molecule is COCCC(C)(CN)N(C)CCc1ccccn1. The zero-order valence-electron chi connectivity index (χ0n) is 11.7. The van der Waals surface area contributed by atoms with Gasteiger partial charge in [0, 0.05) is 50.7 Å². The molecule has 0 radical (unpaired) electrons. The molecule has 4 nitrogen and oxygen atoms in total. The van der Waals surface area contributed by atoms with Gasteiger partial charge in [0.05, 0.1) is 0 Å². The van der Waals surface area contributed by atoms with E-state index in [1.54, 1.807) is 7.11 Å². The van der Waals surface area contributed by atoms with Gasteiger partial charge < -0.3 is 10.5 Å². The van der Waals surface area contributed by atoms with Gasteiger partial charge in [-0.15, -0.1) is 0 Å². The summed E-state index contributed by atoms with van der Waals surface area (Å²) in [5.74, 6) is 0. The molecule has 1 aromatic heterocycles. The van der Waals surface area contributed by atoms with Crippen LogP contribution in [0.15, 0.2) is 24.4 Å². The Balaban J connectivity index is 2.49. The number of methoxy groups -OCH3 is 1. The van der Waals surface area contributed by atoms with Crippen LogP contribution in [-0.2, 0) is 11.2 Å². The highest BCUT2D eigenvalue weighted by Crippen LogP contribution is 2.17. The Morgan fingerprint density at radius 3 is 2.78 bits per heavy atom. The van der Waals surface area contributed by atoms with Crippen LogP contribution in [0.1, 0.15) is 19.0 Å². The average Bonchev–Trinajstić information content (AvgIpc) is 2.43. The van der Waals surface area contributed by atoms with Crippen LogP contribution in [0.3, 0.4) is 0 Å². The molecule has 0 fully saturated rings. The number of aromatic nitrogens is 1. The predicted octanol–water partition coefficient (Wildman–Crippen LogP) is 1.31. The number of ether oxygens (including phenoxy) is 1. The lowest BCUT2D eigenvalue weighted by Gasteiger charge is -2.38. The number of rotatable bonds is 8. The van der Waals surface area contributed by atoms with Crippen molar-refractivity contribution in [1.82, 2.24) is 9.88 Å². The minimum atomic E-state index is -0.00914. The van der Waals surface area contributed by atoms with Gasteiger partial charge in [-0.2, -0.15) is 0 Å². The van der Waals surface area contributed by atoms with Crippen molar-refractivity contribution in [2.75, 3.05) is 33.9 Å². The topological polar surface area (TPSA) is 51.4 Å². The molecule has 0 bridgehead atoms. The molecule has 1 rings (SSSR count). The maximum absolute atomic E-state index is 5.90. The van der Waals surface area contributed by atoms with Crippen molar-refractivity contribution >= 4 is 0 Å². The van der Waals surface area contributed by atoms with Crippen molar-refractivity contribution < 1.29 is 4.74 Å². The number of nitrogens with two attached hydrogens (primary N) is 1.